The van der Waals surface area contributed by atoms with Crippen molar-refractivity contribution in [3.05, 3.63) is 59.9 Å². The Morgan fingerprint density at radius 1 is 1.12 bits per heavy atom. The van der Waals surface area contributed by atoms with Gasteiger partial charge >= 0.3 is 6.03 Å². The lowest BCUT2D eigenvalue weighted by Crippen LogP contribution is -2.58. The van der Waals surface area contributed by atoms with Crippen LogP contribution in [0.1, 0.15) is 5.56 Å². The van der Waals surface area contributed by atoms with Gasteiger partial charge in [0.1, 0.15) is 5.82 Å². The van der Waals surface area contributed by atoms with Gasteiger partial charge in [0.25, 0.3) is 5.91 Å². The molecule has 1 aliphatic heterocycles. The van der Waals surface area contributed by atoms with E-state index >= 15 is 0 Å². The number of aryl methyl sites for hydroxylation is 1. The number of rotatable bonds is 3. The number of barbiturate groups is 1. The quantitative estimate of drug-likeness (QED) is 0.690. The molecular formula is C18H14FN3O3. The lowest BCUT2D eigenvalue weighted by Gasteiger charge is -2.28. The van der Waals surface area contributed by atoms with Crippen molar-refractivity contribution in [1.82, 2.24) is 5.32 Å². The number of carbonyl (C=O) groups is 3. The van der Waals surface area contributed by atoms with Gasteiger partial charge in [-0.3, -0.25) is 19.9 Å². The summed E-state index contributed by atoms with van der Waals surface area (Å²) in [4.78, 5) is 41.5. The second-order valence-electron chi connectivity index (χ2n) is 5.51. The molecule has 1 heterocycles. The maximum absolute atomic E-state index is 13.6. The van der Waals surface area contributed by atoms with Gasteiger partial charge in [-0.05, 0) is 36.8 Å². The Bertz CT molecular complexity index is 895. The fourth-order valence-corrected chi connectivity index (χ4v) is 2.44. The van der Waals surface area contributed by atoms with E-state index in [0.29, 0.717) is 5.69 Å². The Morgan fingerprint density at radius 2 is 1.88 bits per heavy atom. The molecule has 0 radical (unpaired) electrons. The average Bonchev–Trinajstić information content (AvgIpc) is 2.56. The smallest absolute Gasteiger partial charge is 0.276 e. The summed E-state index contributed by atoms with van der Waals surface area (Å²) in [5.74, 6) is -3.43. The van der Waals surface area contributed by atoms with Gasteiger partial charge in [0, 0.05) is 6.21 Å². The van der Waals surface area contributed by atoms with Crippen LogP contribution in [0.25, 0.3) is 0 Å². The summed E-state index contributed by atoms with van der Waals surface area (Å²) in [6.45, 7) is 1.82. The molecule has 3 rings (SSSR count). The van der Waals surface area contributed by atoms with Crippen LogP contribution in [0, 0.1) is 18.7 Å². The van der Waals surface area contributed by atoms with E-state index in [1.807, 2.05) is 13.0 Å². The molecule has 1 aliphatic rings. The second kappa shape index (κ2) is 6.64. The topological polar surface area (TPSA) is 78.8 Å². The van der Waals surface area contributed by atoms with Crippen LogP contribution in [-0.4, -0.2) is 24.1 Å². The zero-order valence-corrected chi connectivity index (χ0v) is 13.3. The number of halogens is 1. The summed E-state index contributed by atoms with van der Waals surface area (Å²) in [5, 5.41) is 2.12. The molecule has 7 heteroatoms. The van der Waals surface area contributed by atoms with Gasteiger partial charge in [0.2, 0.25) is 5.91 Å². The van der Waals surface area contributed by atoms with Gasteiger partial charge in [-0.15, -0.1) is 0 Å². The Labute approximate surface area is 143 Å². The standard InChI is InChI=1S/C18H14FN3O3/c1-11-5-4-6-12(9-11)22-17(24)13(16(23)21-18(22)25)10-20-15-8-3-2-7-14(15)19/h2-10,13H,1H3,(H,21,23,25)/t13-/m0/s1. The highest BCUT2D eigenvalue weighted by atomic mass is 19.1. The van der Waals surface area contributed by atoms with Crippen molar-refractivity contribution in [2.24, 2.45) is 10.9 Å². The first-order valence-corrected chi connectivity index (χ1v) is 7.51. The third-order valence-electron chi connectivity index (χ3n) is 3.68. The van der Waals surface area contributed by atoms with Gasteiger partial charge < -0.3 is 0 Å². The molecule has 1 saturated heterocycles. The number of aliphatic imine (C=N–C) groups is 1. The van der Waals surface area contributed by atoms with Gasteiger partial charge in [0.05, 0.1) is 11.4 Å². The number of nitrogens with zero attached hydrogens (tertiary/aromatic N) is 2. The molecule has 4 amide bonds. The van der Waals surface area contributed by atoms with Crippen LogP contribution in [0.4, 0.5) is 20.6 Å². The number of amides is 4. The van der Waals surface area contributed by atoms with Crippen LogP contribution in [0.5, 0.6) is 0 Å². The van der Waals surface area contributed by atoms with E-state index in [4.69, 9.17) is 0 Å². The number of hydrogen-bond donors (Lipinski definition) is 1. The lowest BCUT2D eigenvalue weighted by molar-refractivity contribution is -0.131. The van der Waals surface area contributed by atoms with Gasteiger partial charge in [0.15, 0.2) is 5.92 Å². The highest BCUT2D eigenvalue weighted by Gasteiger charge is 2.40. The SMILES string of the molecule is Cc1cccc(N2C(=O)NC(=O)[C@H](C=Nc3ccccc3F)C2=O)c1. The number of hydrogen-bond acceptors (Lipinski definition) is 4. The van der Waals surface area contributed by atoms with Crippen LogP contribution in [-0.2, 0) is 9.59 Å². The maximum Gasteiger partial charge on any atom is 0.335 e. The molecule has 0 saturated carbocycles. The van der Waals surface area contributed by atoms with Gasteiger partial charge in [-0.2, -0.15) is 0 Å². The highest BCUT2D eigenvalue weighted by Crippen LogP contribution is 2.22. The van der Waals surface area contributed by atoms with E-state index in [2.05, 4.69) is 10.3 Å². The molecule has 1 atom stereocenters. The molecule has 126 valence electrons. The fourth-order valence-electron chi connectivity index (χ4n) is 2.44. The van der Waals surface area contributed by atoms with Crippen LogP contribution >= 0.6 is 0 Å². The molecule has 0 bridgehead atoms. The number of anilines is 1. The van der Waals surface area contributed by atoms with E-state index in [9.17, 15) is 18.8 Å². The Kier molecular flexibility index (Phi) is 4.38. The molecule has 2 aromatic carbocycles. The summed E-state index contributed by atoms with van der Waals surface area (Å²) < 4.78 is 13.6. The monoisotopic (exact) mass is 339 g/mol. The zero-order chi connectivity index (χ0) is 18.0. The van der Waals surface area contributed by atoms with Crippen molar-refractivity contribution in [1.29, 1.82) is 0 Å². The summed E-state index contributed by atoms with van der Waals surface area (Å²) in [7, 11) is 0. The third-order valence-corrected chi connectivity index (χ3v) is 3.68. The first-order valence-electron chi connectivity index (χ1n) is 7.51. The fraction of sp³-hybridized carbons (Fsp3) is 0.111. The van der Waals surface area contributed by atoms with Crippen molar-refractivity contribution in [2.45, 2.75) is 6.92 Å². The predicted octanol–water partition coefficient (Wildman–Crippen LogP) is 2.74. The number of benzene rings is 2. The van der Waals surface area contributed by atoms with Gasteiger partial charge in [-0.1, -0.05) is 24.3 Å². The Balaban J connectivity index is 1.92. The van der Waals surface area contributed by atoms with Crippen molar-refractivity contribution < 1.29 is 18.8 Å². The summed E-state index contributed by atoms with van der Waals surface area (Å²) in [6.07, 6.45) is 1.05. The molecule has 1 fully saturated rings. The first kappa shape index (κ1) is 16.5. The number of carbonyl (C=O) groups excluding carboxylic acids is 3. The van der Waals surface area contributed by atoms with Crippen LogP contribution in [0.2, 0.25) is 0 Å². The highest BCUT2D eigenvalue weighted by molar-refractivity contribution is 6.32. The minimum absolute atomic E-state index is 0.00195. The summed E-state index contributed by atoms with van der Waals surface area (Å²) in [5.41, 5.74) is 1.20. The predicted molar refractivity (Wildman–Crippen MR) is 90.2 cm³/mol. The second-order valence-corrected chi connectivity index (χ2v) is 5.51. The van der Waals surface area contributed by atoms with Crippen molar-refractivity contribution in [2.75, 3.05) is 4.90 Å². The third kappa shape index (κ3) is 3.30. The number of imide groups is 2. The van der Waals surface area contributed by atoms with Crippen molar-refractivity contribution in [3.8, 4) is 0 Å². The van der Waals surface area contributed by atoms with E-state index < -0.39 is 29.6 Å². The number of urea groups is 1. The Hall–Kier alpha value is -3.35. The van der Waals surface area contributed by atoms with Crippen LogP contribution < -0.4 is 10.2 Å². The van der Waals surface area contributed by atoms with E-state index in [1.54, 1.807) is 24.3 Å². The number of para-hydroxylation sites is 1. The average molecular weight is 339 g/mol. The van der Waals surface area contributed by atoms with Crippen LogP contribution in [0.3, 0.4) is 0 Å². The molecule has 6 nitrogen and oxygen atoms in total. The molecule has 1 N–H and O–H groups in total. The Morgan fingerprint density at radius 3 is 2.60 bits per heavy atom. The maximum atomic E-state index is 13.6. The van der Waals surface area contributed by atoms with Crippen LogP contribution in [0.15, 0.2) is 53.5 Å². The molecule has 0 unspecified atom stereocenters. The lowest BCUT2D eigenvalue weighted by atomic mass is 10.1. The van der Waals surface area contributed by atoms with E-state index in [1.165, 1.54) is 18.2 Å². The molecule has 0 spiro atoms. The molecule has 0 aliphatic carbocycles. The molecule has 0 aromatic heterocycles. The van der Waals surface area contributed by atoms with Crippen molar-refractivity contribution in [3.63, 3.8) is 0 Å². The first-order chi connectivity index (χ1) is 12.0. The number of nitrogens with one attached hydrogen (secondary N) is 1. The van der Waals surface area contributed by atoms with Crippen molar-refractivity contribution >= 4 is 35.4 Å². The van der Waals surface area contributed by atoms with Gasteiger partial charge in [-0.25, -0.2) is 14.1 Å². The molecular weight excluding hydrogens is 325 g/mol. The van der Waals surface area contributed by atoms with E-state index in [-0.39, 0.29) is 5.69 Å². The normalized spacial score (nSPS) is 17.9. The zero-order valence-electron chi connectivity index (χ0n) is 13.3. The summed E-state index contributed by atoms with van der Waals surface area (Å²) in [6, 6.07) is 11.7. The van der Waals surface area contributed by atoms with E-state index in [0.717, 1.165) is 16.7 Å². The minimum Gasteiger partial charge on any atom is -0.276 e. The summed E-state index contributed by atoms with van der Waals surface area (Å²) >= 11 is 0. The largest absolute Gasteiger partial charge is 0.335 e. The minimum atomic E-state index is -1.32. The molecule has 25 heavy (non-hydrogen) atoms. The molecule has 2 aromatic rings.